The topological polar surface area (TPSA) is 36.3 Å². The number of rotatable bonds is 3. The lowest BCUT2D eigenvalue weighted by molar-refractivity contribution is 0.00578. The normalized spacial score (nSPS) is 16.6. The highest BCUT2D eigenvalue weighted by Crippen LogP contribution is 2.40. The quantitative estimate of drug-likeness (QED) is 0.241. The van der Waals surface area contributed by atoms with Crippen molar-refractivity contribution in [2.45, 2.75) is 38.9 Å². The van der Waals surface area contributed by atoms with Gasteiger partial charge in [-0.15, -0.1) is 0 Å². The van der Waals surface area contributed by atoms with Crippen LogP contribution in [0.25, 0.3) is 49.4 Å². The third kappa shape index (κ3) is 3.43. The van der Waals surface area contributed by atoms with E-state index >= 15 is 0 Å². The Labute approximate surface area is 223 Å². The Kier molecular flexibility index (Phi) is 5.06. The van der Waals surface area contributed by atoms with Crippen LogP contribution in [0, 0.1) is 0 Å². The first-order valence-corrected chi connectivity index (χ1v) is 13.2. The zero-order chi connectivity index (χ0) is 26.1. The van der Waals surface area contributed by atoms with Crippen LogP contribution in [0.15, 0.2) is 103 Å². The van der Waals surface area contributed by atoms with Crippen LogP contribution >= 0.6 is 0 Å². The second-order valence-electron chi connectivity index (χ2n) is 11.1. The second kappa shape index (κ2) is 8.29. The molecule has 5 heteroatoms. The molecular weight excluding hydrogens is 467 g/mol. The first kappa shape index (κ1) is 23.2. The number of benzene rings is 4. The van der Waals surface area contributed by atoms with Crippen LogP contribution in [0.5, 0.6) is 0 Å². The molecule has 1 saturated heterocycles. The van der Waals surface area contributed by atoms with Crippen molar-refractivity contribution >= 4 is 45.2 Å². The smallest absolute Gasteiger partial charge is 0.399 e. The predicted molar refractivity (Wildman–Crippen MR) is 157 cm³/mol. The Bertz CT molecular complexity index is 1810. The molecule has 3 heterocycles. The zero-order valence-electron chi connectivity index (χ0n) is 22.1. The minimum atomic E-state index is -0.450. The number of nitrogens with zero attached hydrogens (tertiary/aromatic N) is 2. The van der Waals surface area contributed by atoms with Crippen molar-refractivity contribution in [2.24, 2.45) is 0 Å². The standard InChI is InChI=1S/C33H29BN2O2/c1-32(2)33(3,4)38-34(37-32)28-20-30-31(26-12-6-5-11-25(26)28)27-13-7-8-14-29(27)36(30)24-17-15-22(16-18-24)23-10-9-19-35-21-23/h5-21H,1-4H3. The van der Waals surface area contributed by atoms with E-state index in [0.717, 1.165) is 33.2 Å². The van der Waals surface area contributed by atoms with Gasteiger partial charge < -0.3 is 13.9 Å². The van der Waals surface area contributed by atoms with Gasteiger partial charge in [-0.3, -0.25) is 4.98 Å². The van der Waals surface area contributed by atoms with Gasteiger partial charge in [0.1, 0.15) is 0 Å². The maximum Gasteiger partial charge on any atom is 0.495 e. The molecule has 1 aliphatic heterocycles. The van der Waals surface area contributed by atoms with E-state index in [1.165, 1.54) is 21.7 Å². The fourth-order valence-electron chi connectivity index (χ4n) is 5.64. The molecule has 4 nitrogen and oxygen atoms in total. The van der Waals surface area contributed by atoms with Crippen molar-refractivity contribution in [3.63, 3.8) is 0 Å². The second-order valence-corrected chi connectivity index (χ2v) is 11.1. The van der Waals surface area contributed by atoms with E-state index in [2.05, 4.69) is 122 Å². The van der Waals surface area contributed by atoms with Crippen LogP contribution < -0.4 is 5.46 Å². The molecular formula is C33H29BN2O2. The first-order valence-electron chi connectivity index (χ1n) is 13.2. The molecule has 0 aliphatic carbocycles. The third-order valence-electron chi connectivity index (χ3n) is 8.34. The number of hydrogen-bond acceptors (Lipinski definition) is 3. The van der Waals surface area contributed by atoms with Crippen molar-refractivity contribution in [1.29, 1.82) is 0 Å². The van der Waals surface area contributed by atoms with E-state index in [-0.39, 0.29) is 0 Å². The van der Waals surface area contributed by atoms with Gasteiger partial charge in [-0.2, -0.15) is 0 Å². The monoisotopic (exact) mass is 496 g/mol. The molecule has 2 aromatic heterocycles. The zero-order valence-corrected chi connectivity index (χ0v) is 22.1. The SMILES string of the molecule is CC1(C)OB(c2cc3c(c4ccccc24)c2ccccc2n3-c2ccc(-c3cccnc3)cc2)OC1(C)C. The Balaban J connectivity index is 1.50. The van der Waals surface area contributed by atoms with Gasteiger partial charge in [0.25, 0.3) is 0 Å². The van der Waals surface area contributed by atoms with Gasteiger partial charge in [0.15, 0.2) is 0 Å². The molecule has 0 unspecified atom stereocenters. The molecule has 186 valence electrons. The van der Waals surface area contributed by atoms with Crippen molar-refractivity contribution in [1.82, 2.24) is 9.55 Å². The summed E-state index contributed by atoms with van der Waals surface area (Å²) in [6.07, 6.45) is 3.70. The van der Waals surface area contributed by atoms with Gasteiger partial charge in [0.05, 0.1) is 22.2 Å². The summed E-state index contributed by atoms with van der Waals surface area (Å²) in [5.74, 6) is 0. The molecule has 4 aromatic carbocycles. The predicted octanol–water partition coefficient (Wildman–Crippen LogP) is 7.30. The van der Waals surface area contributed by atoms with E-state index in [1.807, 2.05) is 12.3 Å². The van der Waals surface area contributed by atoms with E-state index < -0.39 is 18.3 Å². The number of pyridine rings is 1. The van der Waals surface area contributed by atoms with E-state index in [4.69, 9.17) is 9.31 Å². The van der Waals surface area contributed by atoms with Gasteiger partial charge in [0, 0.05) is 28.9 Å². The molecule has 7 rings (SSSR count). The maximum absolute atomic E-state index is 6.55. The Morgan fingerprint density at radius 2 is 1.32 bits per heavy atom. The lowest BCUT2D eigenvalue weighted by Crippen LogP contribution is -2.41. The number of aromatic nitrogens is 2. The minimum Gasteiger partial charge on any atom is -0.399 e. The van der Waals surface area contributed by atoms with Crippen molar-refractivity contribution in [2.75, 3.05) is 0 Å². The summed E-state index contributed by atoms with van der Waals surface area (Å²) in [6.45, 7) is 8.42. The van der Waals surface area contributed by atoms with Crippen LogP contribution in [-0.2, 0) is 9.31 Å². The van der Waals surface area contributed by atoms with Crippen molar-refractivity contribution in [3.8, 4) is 16.8 Å². The molecule has 0 amide bonds. The molecule has 1 aliphatic rings. The number of hydrogen-bond donors (Lipinski definition) is 0. The average Bonchev–Trinajstić information content (AvgIpc) is 3.38. The highest BCUT2D eigenvalue weighted by atomic mass is 16.7. The lowest BCUT2D eigenvalue weighted by Gasteiger charge is -2.32. The van der Waals surface area contributed by atoms with Crippen LogP contribution in [0.3, 0.4) is 0 Å². The lowest BCUT2D eigenvalue weighted by atomic mass is 9.75. The van der Waals surface area contributed by atoms with Crippen molar-refractivity contribution in [3.05, 3.63) is 103 Å². The summed E-state index contributed by atoms with van der Waals surface area (Å²) in [7, 11) is -0.450. The molecule has 0 atom stereocenters. The summed E-state index contributed by atoms with van der Waals surface area (Å²) in [5.41, 5.74) is 5.91. The molecule has 0 N–H and O–H groups in total. The van der Waals surface area contributed by atoms with E-state index in [0.29, 0.717) is 0 Å². The molecule has 6 aromatic rings. The molecule has 38 heavy (non-hydrogen) atoms. The Hall–Kier alpha value is -3.93. The largest absolute Gasteiger partial charge is 0.495 e. The van der Waals surface area contributed by atoms with Crippen LogP contribution in [0.4, 0.5) is 0 Å². The number of para-hydroxylation sites is 1. The third-order valence-corrected chi connectivity index (χ3v) is 8.34. The van der Waals surface area contributed by atoms with E-state index in [1.54, 1.807) is 6.20 Å². The molecule has 0 saturated carbocycles. The summed E-state index contributed by atoms with van der Waals surface area (Å²) in [4.78, 5) is 4.28. The van der Waals surface area contributed by atoms with Gasteiger partial charge in [-0.1, -0.05) is 60.7 Å². The van der Waals surface area contributed by atoms with Gasteiger partial charge in [-0.05, 0) is 85.4 Å². The average molecular weight is 496 g/mol. The Morgan fingerprint density at radius 1 is 0.658 bits per heavy atom. The fourth-order valence-corrected chi connectivity index (χ4v) is 5.64. The molecule has 0 radical (unpaired) electrons. The summed E-state index contributed by atoms with van der Waals surface area (Å²) in [6, 6.07) is 32.3. The highest BCUT2D eigenvalue weighted by molar-refractivity contribution is 6.66. The maximum atomic E-state index is 6.55. The molecule has 1 fully saturated rings. The Morgan fingerprint density at radius 3 is 2.00 bits per heavy atom. The summed E-state index contributed by atoms with van der Waals surface area (Å²) >= 11 is 0. The molecule has 0 spiro atoms. The minimum absolute atomic E-state index is 0.414. The van der Waals surface area contributed by atoms with Gasteiger partial charge >= 0.3 is 7.12 Å². The fraction of sp³-hybridized carbons (Fsp3) is 0.182. The van der Waals surface area contributed by atoms with Gasteiger partial charge in [-0.25, -0.2) is 0 Å². The summed E-state index contributed by atoms with van der Waals surface area (Å²) in [5, 5.41) is 4.84. The first-order chi connectivity index (χ1) is 18.3. The molecule has 0 bridgehead atoms. The van der Waals surface area contributed by atoms with E-state index in [9.17, 15) is 0 Å². The highest BCUT2D eigenvalue weighted by Gasteiger charge is 2.52. The summed E-state index contributed by atoms with van der Waals surface area (Å²) < 4.78 is 15.5. The van der Waals surface area contributed by atoms with Crippen LogP contribution in [0.1, 0.15) is 27.7 Å². The number of fused-ring (bicyclic) bond motifs is 5. The van der Waals surface area contributed by atoms with Crippen LogP contribution in [-0.4, -0.2) is 27.9 Å². The van der Waals surface area contributed by atoms with Crippen molar-refractivity contribution < 1.29 is 9.31 Å². The van der Waals surface area contributed by atoms with Crippen LogP contribution in [0.2, 0.25) is 0 Å². The van der Waals surface area contributed by atoms with Gasteiger partial charge in [0.2, 0.25) is 0 Å².